The van der Waals surface area contributed by atoms with E-state index in [0.29, 0.717) is 12.4 Å². The van der Waals surface area contributed by atoms with Gasteiger partial charge in [0.25, 0.3) is 0 Å². The molecule has 1 atom stereocenters. The monoisotopic (exact) mass is 369 g/mol. The van der Waals surface area contributed by atoms with E-state index in [4.69, 9.17) is 4.74 Å². The first-order chi connectivity index (χ1) is 12.8. The van der Waals surface area contributed by atoms with Gasteiger partial charge in [-0.05, 0) is 31.9 Å². The first-order valence-electron chi connectivity index (χ1n) is 9.05. The molecule has 0 saturated heterocycles. The van der Waals surface area contributed by atoms with Gasteiger partial charge in [0.2, 0.25) is 17.7 Å². The number of amides is 2. The van der Waals surface area contributed by atoms with Crippen LogP contribution in [0.2, 0.25) is 0 Å². The summed E-state index contributed by atoms with van der Waals surface area (Å²) in [5, 5.41) is 5.71. The number of rotatable bonds is 8. The molecule has 2 N–H and O–H groups in total. The minimum Gasteiger partial charge on any atom is -0.475 e. The summed E-state index contributed by atoms with van der Waals surface area (Å²) in [6, 6.07) is 11.1. The van der Waals surface area contributed by atoms with E-state index in [1.165, 1.54) is 6.92 Å². The second-order valence-corrected chi connectivity index (χ2v) is 6.82. The van der Waals surface area contributed by atoms with Crippen molar-refractivity contribution in [3.63, 3.8) is 0 Å². The molecule has 0 aliphatic carbocycles. The number of hydrogen-bond acceptors (Lipinski definition) is 4. The van der Waals surface area contributed by atoms with Crippen LogP contribution in [-0.2, 0) is 16.1 Å². The van der Waals surface area contributed by atoms with Crippen LogP contribution in [0.25, 0.3) is 0 Å². The van der Waals surface area contributed by atoms with Crippen LogP contribution in [0.1, 0.15) is 49.9 Å². The Labute approximate surface area is 160 Å². The number of pyridine rings is 1. The van der Waals surface area contributed by atoms with Crippen molar-refractivity contribution in [1.29, 1.82) is 0 Å². The predicted molar refractivity (Wildman–Crippen MR) is 104 cm³/mol. The zero-order valence-corrected chi connectivity index (χ0v) is 16.3. The van der Waals surface area contributed by atoms with Gasteiger partial charge in [0.1, 0.15) is 0 Å². The van der Waals surface area contributed by atoms with Crippen molar-refractivity contribution in [3.8, 4) is 5.88 Å². The van der Waals surface area contributed by atoms with E-state index in [1.807, 2.05) is 51.1 Å². The summed E-state index contributed by atoms with van der Waals surface area (Å²) in [7, 11) is 0. The van der Waals surface area contributed by atoms with E-state index in [2.05, 4.69) is 15.6 Å². The van der Waals surface area contributed by atoms with Crippen LogP contribution in [0.5, 0.6) is 5.88 Å². The highest BCUT2D eigenvalue weighted by atomic mass is 16.5. The first-order valence-corrected chi connectivity index (χ1v) is 9.05. The minimum atomic E-state index is -0.358. The highest BCUT2D eigenvalue weighted by molar-refractivity contribution is 5.79. The zero-order valence-electron chi connectivity index (χ0n) is 16.3. The molecule has 0 saturated carbocycles. The number of hydrogen-bond donors (Lipinski definition) is 2. The molecule has 6 nitrogen and oxygen atoms in total. The van der Waals surface area contributed by atoms with E-state index in [1.54, 1.807) is 12.3 Å². The molecule has 0 spiro atoms. The van der Waals surface area contributed by atoms with Gasteiger partial charge in [-0.2, -0.15) is 0 Å². The topological polar surface area (TPSA) is 80.3 Å². The molecule has 6 heteroatoms. The SMILES string of the molecule is CC(=O)NC(CC(=O)NCc1ccc(OC(C)C)nc1)c1ccc(C)cc1. The average Bonchev–Trinajstić information content (AvgIpc) is 2.60. The Bertz CT molecular complexity index is 755. The highest BCUT2D eigenvalue weighted by Gasteiger charge is 2.17. The Morgan fingerprint density at radius 2 is 1.81 bits per heavy atom. The summed E-state index contributed by atoms with van der Waals surface area (Å²) in [5.41, 5.74) is 2.91. The summed E-state index contributed by atoms with van der Waals surface area (Å²) in [6.07, 6.45) is 1.92. The minimum absolute atomic E-state index is 0.0653. The Kier molecular flexibility index (Phi) is 7.34. The lowest BCUT2D eigenvalue weighted by Gasteiger charge is -2.18. The maximum Gasteiger partial charge on any atom is 0.222 e. The van der Waals surface area contributed by atoms with E-state index in [9.17, 15) is 9.59 Å². The molecule has 2 rings (SSSR count). The standard InChI is InChI=1S/C21H27N3O3/c1-14(2)27-21-10-7-17(13-23-21)12-22-20(26)11-19(24-16(4)25)18-8-5-15(3)6-9-18/h5-10,13-14,19H,11-12H2,1-4H3,(H,22,26)(H,24,25). The maximum absolute atomic E-state index is 12.4. The molecule has 1 aromatic carbocycles. The van der Waals surface area contributed by atoms with Gasteiger partial charge in [-0.25, -0.2) is 4.98 Å². The Hall–Kier alpha value is -2.89. The Morgan fingerprint density at radius 3 is 2.37 bits per heavy atom. The molecule has 144 valence electrons. The third-order valence-electron chi connectivity index (χ3n) is 3.89. The van der Waals surface area contributed by atoms with Gasteiger partial charge in [0.15, 0.2) is 0 Å². The molecule has 0 radical (unpaired) electrons. The van der Waals surface area contributed by atoms with Crippen molar-refractivity contribution in [2.45, 2.75) is 52.8 Å². The van der Waals surface area contributed by atoms with E-state index < -0.39 is 0 Å². The molecule has 0 aliphatic rings. The fourth-order valence-corrected chi connectivity index (χ4v) is 2.58. The van der Waals surface area contributed by atoms with Gasteiger partial charge < -0.3 is 15.4 Å². The van der Waals surface area contributed by atoms with Gasteiger partial charge in [-0.1, -0.05) is 35.9 Å². The van der Waals surface area contributed by atoms with Gasteiger partial charge in [0.05, 0.1) is 18.6 Å². The predicted octanol–water partition coefficient (Wildman–Crippen LogP) is 3.06. The lowest BCUT2D eigenvalue weighted by atomic mass is 10.0. The number of benzene rings is 1. The van der Waals surface area contributed by atoms with Gasteiger partial charge in [-0.15, -0.1) is 0 Å². The summed E-state index contributed by atoms with van der Waals surface area (Å²) in [6.45, 7) is 7.69. The summed E-state index contributed by atoms with van der Waals surface area (Å²) in [5.74, 6) is 0.250. The molecule has 0 bridgehead atoms. The van der Waals surface area contributed by atoms with Gasteiger partial charge >= 0.3 is 0 Å². The van der Waals surface area contributed by atoms with E-state index in [-0.39, 0.29) is 30.4 Å². The van der Waals surface area contributed by atoms with Crippen molar-refractivity contribution in [3.05, 3.63) is 59.3 Å². The quantitative estimate of drug-likeness (QED) is 0.749. The number of carbonyl (C=O) groups excluding carboxylic acids is 2. The van der Waals surface area contributed by atoms with E-state index >= 15 is 0 Å². The van der Waals surface area contributed by atoms with Crippen LogP contribution in [0.4, 0.5) is 0 Å². The smallest absolute Gasteiger partial charge is 0.222 e. The van der Waals surface area contributed by atoms with Crippen molar-refractivity contribution >= 4 is 11.8 Å². The summed E-state index contributed by atoms with van der Waals surface area (Å²) >= 11 is 0. The summed E-state index contributed by atoms with van der Waals surface area (Å²) in [4.78, 5) is 28.1. The first kappa shape index (κ1) is 20.4. The number of nitrogens with one attached hydrogen (secondary N) is 2. The largest absolute Gasteiger partial charge is 0.475 e. The number of ether oxygens (including phenoxy) is 1. The molecular formula is C21H27N3O3. The van der Waals surface area contributed by atoms with Crippen molar-refractivity contribution in [2.75, 3.05) is 0 Å². The molecule has 2 aromatic rings. The van der Waals surface area contributed by atoms with Crippen LogP contribution in [0.3, 0.4) is 0 Å². The average molecular weight is 369 g/mol. The van der Waals surface area contributed by atoms with Crippen molar-refractivity contribution in [1.82, 2.24) is 15.6 Å². The molecule has 0 fully saturated rings. The van der Waals surface area contributed by atoms with Crippen LogP contribution in [0.15, 0.2) is 42.6 Å². The van der Waals surface area contributed by atoms with Crippen LogP contribution >= 0.6 is 0 Å². The maximum atomic E-state index is 12.4. The molecular weight excluding hydrogens is 342 g/mol. The third kappa shape index (κ3) is 7.09. The lowest BCUT2D eigenvalue weighted by Crippen LogP contribution is -2.32. The number of aromatic nitrogens is 1. The van der Waals surface area contributed by atoms with Crippen LogP contribution in [-0.4, -0.2) is 22.9 Å². The molecule has 1 unspecified atom stereocenters. The number of nitrogens with zero attached hydrogens (tertiary/aromatic N) is 1. The highest BCUT2D eigenvalue weighted by Crippen LogP contribution is 2.18. The van der Waals surface area contributed by atoms with Gasteiger partial charge in [0, 0.05) is 25.7 Å². The molecule has 1 heterocycles. The van der Waals surface area contributed by atoms with Crippen molar-refractivity contribution < 1.29 is 14.3 Å². The number of aryl methyl sites for hydroxylation is 1. The second-order valence-electron chi connectivity index (χ2n) is 6.82. The van der Waals surface area contributed by atoms with Crippen LogP contribution in [0, 0.1) is 6.92 Å². The number of carbonyl (C=O) groups is 2. The lowest BCUT2D eigenvalue weighted by molar-refractivity contribution is -0.122. The van der Waals surface area contributed by atoms with Crippen LogP contribution < -0.4 is 15.4 Å². The molecule has 2 amide bonds. The van der Waals surface area contributed by atoms with Crippen molar-refractivity contribution in [2.24, 2.45) is 0 Å². The fraction of sp³-hybridized carbons (Fsp3) is 0.381. The third-order valence-corrected chi connectivity index (χ3v) is 3.89. The second kappa shape index (κ2) is 9.71. The Balaban J connectivity index is 1.93. The zero-order chi connectivity index (χ0) is 19.8. The molecule has 0 aliphatic heterocycles. The van der Waals surface area contributed by atoms with Gasteiger partial charge in [-0.3, -0.25) is 9.59 Å². The summed E-state index contributed by atoms with van der Waals surface area (Å²) < 4.78 is 5.50. The fourth-order valence-electron chi connectivity index (χ4n) is 2.58. The molecule has 27 heavy (non-hydrogen) atoms. The van der Waals surface area contributed by atoms with E-state index in [0.717, 1.165) is 16.7 Å². The normalized spacial score (nSPS) is 11.7. The molecule has 1 aromatic heterocycles. The Morgan fingerprint density at radius 1 is 1.11 bits per heavy atom.